The number of carbonyl (C=O) groups excluding carboxylic acids is 2. The van der Waals surface area contributed by atoms with Gasteiger partial charge in [-0.15, -0.1) is 0 Å². The maximum atomic E-state index is 11.1. The molecule has 18 nitrogen and oxygen atoms in total. The van der Waals surface area contributed by atoms with Gasteiger partial charge < -0.3 is 20.4 Å². The van der Waals surface area contributed by atoms with E-state index in [-0.39, 0.29) is 43.3 Å². The van der Waals surface area contributed by atoms with Crippen LogP contribution in [0.15, 0.2) is 0 Å². The summed E-state index contributed by atoms with van der Waals surface area (Å²) in [5, 5.41) is 36.3. The summed E-state index contributed by atoms with van der Waals surface area (Å²) in [6.07, 6.45) is -0.308. The lowest BCUT2D eigenvalue weighted by Gasteiger charge is -2.32. The van der Waals surface area contributed by atoms with Gasteiger partial charge in [-0.3, -0.25) is 52.9 Å². The van der Waals surface area contributed by atoms with Crippen LogP contribution in [0, 0.1) is 0 Å². The van der Waals surface area contributed by atoms with Crippen LogP contribution in [-0.4, -0.2) is 172 Å². The first-order valence-corrected chi connectivity index (χ1v) is 13.1. The van der Waals surface area contributed by atoms with Crippen LogP contribution in [-0.2, 0) is 39.1 Å². The van der Waals surface area contributed by atoms with E-state index in [0.29, 0.717) is 52.4 Å². The Bertz CT molecular complexity index is 893. The van der Waals surface area contributed by atoms with Gasteiger partial charge in [0.1, 0.15) is 0 Å². The molecule has 2 saturated heterocycles. The lowest BCUT2D eigenvalue weighted by atomic mass is 10.3. The second kappa shape index (κ2) is 16.0. The van der Waals surface area contributed by atoms with Crippen LogP contribution in [0.1, 0.15) is 12.8 Å². The predicted molar refractivity (Wildman–Crippen MR) is 129 cm³/mol. The number of carboxylic acids is 4. The standard InChI is InChI=1S/C16H28N4O8.C4H5NO5S/c21-13(22)9-17-1-2-18(10-14(23)24)5-6-20(12-16(27)28)8-7-19(4-3-17)11-15(25)26;6-3-1-2-4(7)5(3)11(8,9)10/h1-12H2,(H,21,22)(H,23,24)(H,25,26)(H,27,28);1-2H2,(H,8,9,10). The predicted octanol–water partition coefficient (Wildman–Crippen LogP) is -3.52. The van der Waals surface area contributed by atoms with Crippen molar-refractivity contribution in [1.82, 2.24) is 23.9 Å². The molecule has 2 rings (SSSR count). The molecule has 2 heterocycles. The van der Waals surface area contributed by atoms with Gasteiger partial charge in [0.2, 0.25) is 11.8 Å². The molecular weight excluding hydrogens is 550 g/mol. The zero-order valence-corrected chi connectivity index (χ0v) is 21.9. The van der Waals surface area contributed by atoms with Crippen molar-refractivity contribution in [2.45, 2.75) is 12.8 Å². The fraction of sp³-hybridized carbons (Fsp3) is 0.700. The van der Waals surface area contributed by atoms with Crippen molar-refractivity contribution in [2.75, 3.05) is 78.5 Å². The molecule has 0 atom stereocenters. The second-order valence-corrected chi connectivity index (χ2v) is 9.97. The Hall–Kier alpha value is -3.23. The smallest absolute Gasteiger partial charge is 0.368 e. The molecule has 0 aliphatic carbocycles. The first-order valence-electron chi connectivity index (χ1n) is 11.7. The summed E-state index contributed by atoms with van der Waals surface area (Å²) < 4.78 is 28.8. The Balaban J connectivity index is 0.000000573. The Kier molecular flexibility index (Phi) is 13.9. The number of carboxylic acid groups (broad SMARTS) is 4. The number of nitrogens with zero attached hydrogens (tertiary/aromatic N) is 5. The van der Waals surface area contributed by atoms with Gasteiger partial charge >= 0.3 is 34.2 Å². The zero-order chi connectivity index (χ0) is 29.8. The van der Waals surface area contributed by atoms with Crippen molar-refractivity contribution < 1.29 is 62.2 Å². The Morgan fingerprint density at radius 1 is 0.538 bits per heavy atom. The van der Waals surface area contributed by atoms with Crippen LogP contribution in [0.5, 0.6) is 0 Å². The Morgan fingerprint density at radius 2 is 0.744 bits per heavy atom. The van der Waals surface area contributed by atoms with Crippen LogP contribution in [0.4, 0.5) is 0 Å². The number of hydrogen-bond acceptors (Lipinski definition) is 12. The molecule has 2 fully saturated rings. The molecule has 0 spiro atoms. The van der Waals surface area contributed by atoms with Crippen LogP contribution < -0.4 is 0 Å². The highest BCUT2D eigenvalue weighted by Gasteiger charge is 2.37. The van der Waals surface area contributed by atoms with Gasteiger partial charge in [-0.2, -0.15) is 12.7 Å². The number of amides is 2. The molecule has 39 heavy (non-hydrogen) atoms. The Morgan fingerprint density at radius 3 is 0.872 bits per heavy atom. The molecule has 0 radical (unpaired) electrons. The first kappa shape index (κ1) is 33.8. The largest absolute Gasteiger partial charge is 0.480 e. The third-order valence-electron chi connectivity index (χ3n) is 5.60. The summed E-state index contributed by atoms with van der Waals surface area (Å²) in [7, 11) is -4.67. The van der Waals surface area contributed by atoms with Crippen molar-refractivity contribution in [3.05, 3.63) is 0 Å². The minimum absolute atomic E-state index is 0.118. The summed E-state index contributed by atoms with van der Waals surface area (Å²) in [5.74, 6) is -5.83. The van der Waals surface area contributed by atoms with Gasteiger partial charge in [0, 0.05) is 65.2 Å². The van der Waals surface area contributed by atoms with Gasteiger partial charge in [-0.25, -0.2) is 0 Å². The highest BCUT2D eigenvalue weighted by atomic mass is 32.2. The monoisotopic (exact) mass is 583 g/mol. The van der Waals surface area contributed by atoms with Gasteiger partial charge in [-0.1, -0.05) is 0 Å². The lowest BCUT2D eigenvalue weighted by Crippen LogP contribution is -2.49. The van der Waals surface area contributed by atoms with Crippen LogP contribution >= 0.6 is 0 Å². The van der Waals surface area contributed by atoms with Gasteiger partial charge in [-0.05, 0) is 0 Å². The fourth-order valence-electron chi connectivity index (χ4n) is 3.79. The summed E-state index contributed by atoms with van der Waals surface area (Å²) in [4.78, 5) is 72.1. The van der Waals surface area contributed by atoms with Crippen LogP contribution in [0.3, 0.4) is 0 Å². The van der Waals surface area contributed by atoms with Crippen molar-refractivity contribution in [2.24, 2.45) is 0 Å². The topological polar surface area (TPSA) is 254 Å². The van der Waals surface area contributed by atoms with E-state index in [2.05, 4.69) is 0 Å². The van der Waals surface area contributed by atoms with E-state index in [1.165, 1.54) is 0 Å². The van der Waals surface area contributed by atoms with Crippen LogP contribution in [0.2, 0.25) is 0 Å². The summed E-state index contributed by atoms with van der Waals surface area (Å²) in [6, 6.07) is 0. The molecule has 2 aliphatic heterocycles. The highest BCUT2D eigenvalue weighted by molar-refractivity contribution is 7.84. The van der Waals surface area contributed by atoms with Gasteiger partial charge in [0.25, 0.3) is 0 Å². The van der Waals surface area contributed by atoms with Gasteiger partial charge in [0.15, 0.2) is 0 Å². The zero-order valence-electron chi connectivity index (χ0n) is 21.0. The van der Waals surface area contributed by atoms with E-state index >= 15 is 0 Å². The number of imide groups is 1. The molecule has 19 heteroatoms. The van der Waals surface area contributed by atoms with Crippen molar-refractivity contribution in [3.8, 4) is 0 Å². The maximum Gasteiger partial charge on any atom is 0.368 e. The minimum Gasteiger partial charge on any atom is -0.480 e. The molecule has 0 aromatic carbocycles. The molecule has 5 N–H and O–H groups in total. The average Bonchev–Trinajstić information content (AvgIpc) is 3.13. The number of rotatable bonds is 9. The van der Waals surface area contributed by atoms with Crippen molar-refractivity contribution in [1.29, 1.82) is 0 Å². The highest BCUT2D eigenvalue weighted by Crippen LogP contribution is 2.14. The molecular formula is C20H33N5O13S. The van der Waals surface area contributed by atoms with E-state index in [1.807, 2.05) is 0 Å². The molecule has 0 unspecified atom stereocenters. The van der Waals surface area contributed by atoms with E-state index in [9.17, 15) is 37.2 Å². The molecule has 222 valence electrons. The third-order valence-corrected chi connectivity index (χ3v) is 6.47. The van der Waals surface area contributed by atoms with Crippen molar-refractivity contribution in [3.63, 3.8) is 0 Å². The quantitative estimate of drug-likeness (QED) is 0.130. The Labute approximate surface area is 223 Å². The molecule has 0 bridgehead atoms. The third kappa shape index (κ3) is 13.9. The van der Waals surface area contributed by atoms with E-state index in [4.69, 9.17) is 25.0 Å². The molecule has 2 amide bonds. The minimum atomic E-state index is -4.67. The lowest BCUT2D eigenvalue weighted by molar-refractivity contribution is -0.141. The molecule has 0 saturated carbocycles. The van der Waals surface area contributed by atoms with E-state index in [1.54, 1.807) is 19.6 Å². The van der Waals surface area contributed by atoms with Crippen LogP contribution in [0.25, 0.3) is 0 Å². The SMILES string of the molecule is O=C(O)CN1CCN(CC(=O)O)CCN(CC(=O)O)CCN(CC(=O)O)CC1.O=C1CCC(=O)N1S(=O)(=O)O. The summed E-state index contributed by atoms with van der Waals surface area (Å²) >= 11 is 0. The number of aliphatic carboxylic acids is 4. The summed E-state index contributed by atoms with van der Waals surface area (Å²) in [5.41, 5.74) is 0. The number of hydrogen-bond donors (Lipinski definition) is 5. The molecule has 0 aromatic rings. The molecule has 0 aromatic heterocycles. The van der Waals surface area contributed by atoms with E-state index < -0.39 is 46.0 Å². The van der Waals surface area contributed by atoms with Crippen molar-refractivity contribution >= 4 is 46.0 Å². The maximum absolute atomic E-state index is 11.1. The first-order chi connectivity index (χ1) is 18.1. The van der Waals surface area contributed by atoms with Gasteiger partial charge in [0.05, 0.1) is 26.2 Å². The fourth-order valence-corrected chi connectivity index (χ4v) is 4.49. The van der Waals surface area contributed by atoms with E-state index in [0.717, 1.165) is 0 Å². The normalized spacial score (nSPS) is 19.5. The summed E-state index contributed by atoms with van der Waals surface area (Å²) in [6.45, 7) is 1.52. The second-order valence-electron chi connectivity index (χ2n) is 8.71. The molecule has 2 aliphatic rings. The number of carbonyl (C=O) groups is 6. The average molecular weight is 584 g/mol.